The number of hydrogen-bond acceptors (Lipinski definition) is 4. The van der Waals surface area contributed by atoms with E-state index in [9.17, 15) is 0 Å². The second kappa shape index (κ2) is 6.37. The Morgan fingerprint density at radius 1 is 1.19 bits per heavy atom. The molecule has 0 N–H and O–H groups in total. The molecule has 1 aromatic carbocycles. The van der Waals surface area contributed by atoms with Gasteiger partial charge in [-0.25, -0.2) is 0 Å². The fraction of sp³-hybridized carbons (Fsp3) is 0.500. The summed E-state index contributed by atoms with van der Waals surface area (Å²) in [5.41, 5.74) is 1.39. The topological polar surface area (TPSA) is 43.2 Å². The minimum atomic E-state index is 0.306. The summed E-state index contributed by atoms with van der Waals surface area (Å²) in [5.74, 6) is 1.99. The summed E-state index contributed by atoms with van der Waals surface area (Å²) < 4.78 is 7.38. The van der Waals surface area contributed by atoms with Crippen LogP contribution in [0.1, 0.15) is 30.2 Å². The highest BCUT2D eigenvalue weighted by Crippen LogP contribution is 2.24. The fourth-order valence-electron chi connectivity index (χ4n) is 2.95. The molecule has 5 nitrogen and oxygen atoms in total. The van der Waals surface area contributed by atoms with Crippen molar-refractivity contribution >= 4 is 0 Å². The third-order valence-corrected chi connectivity index (χ3v) is 4.19. The van der Waals surface area contributed by atoms with Gasteiger partial charge in [0.05, 0.1) is 6.04 Å². The summed E-state index contributed by atoms with van der Waals surface area (Å²) in [6, 6.07) is 10.9. The predicted molar refractivity (Wildman–Crippen MR) is 80.9 cm³/mol. The second-order valence-electron chi connectivity index (χ2n) is 5.51. The third-order valence-electron chi connectivity index (χ3n) is 4.19. The van der Waals surface area contributed by atoms with Crippen molar-refractivity contribution in [2.45, 2.75) is 32.5 Å². The van der Waals surface area contributed by atoms with Crippen LogP contribution in [0.3, 0.4) is 0 Å². The molecule has 1 aliphatic heterocycles. The lowest BCUT2D eigenvalue weighted by atomic mass is 10.1. The lowest BCUT2D eigenvalue weighted by molar-refractivity contribution is 0.149. The Bertz CT molecular complexity index is 581. The lowest BCUT2D eigenvalue weighted by Gasteiger charge is -2.33. The second-order valence-corrected chi connectivity index (χ2v) is 5.51. The molecule has 21 heavy (non-hydrogen) atoms. The molecule has 0 bridgehead atoms. The van der Waals surface area contributed by atoms with Gasteiger partial charge in [0.1, 0.15) is 12.4 Å². The molecule has 2 heterocycles. The maximum Gasteiger partial charge on any atom is 0.159 e. The van der Waals surface area contributed by atoms with Crippen LogP contribution in [0, 0.1) is 0 Å². The summed E-state index contributed by atoms with van der Waals surface area (Å²) >= 11 is 0. The van der Waals surface area contributed by atoms with Crippen molar-refractivity contribution in [1.82, 2.24) is 19.7 Å². The number of hydrogen-bond donors (Lipinski definition) is 0. The highest BCUT2D eigenvalue weighted by Gasteiger charge is 2.27. The van der Waals surface area contributed by atoms with Gasteiger partial charge >= 0.3 is 0 Å². The van der Waals surface area contributed by atoms with Crippen LogP contribution in [0.4, 0.5) is 0 Å². The Balaban J connectivity index is 1.66. The van der Waals surface area contributed by atoms with Crippen LogP contribution in [0.15, 0.2) is 30.3 Å². The molecule has 0 saturated heterocycles. The van der Waals surface area contributed by atoms with Crippen LogP contribution in [0.25, 0.3) is 0 Å². The summed E-state index contributed by atoms with van der Waals surface area (Å²) in [4.78, 5) is 2.48. The molecule has 1 aliphatic rings. The van der Waals surface area contributed by atoms with Crippen LogP contribution < -0.4 is 0 Å². The zero-order valence-electron chi connectivity index (χ0n) is 12.7. The van der Waals surface area contributed by atoms with E-state index in [1.807, 2.05) is 0 Å². The number of methoxy groups -OCH3 is 1. The van der Waals surface area contributed by atoms with E-state index >= 15 is 0 Å². The number of ether oxygens (including phenoxy) is 1. The van der Waals surface area contributed by atoms with Crippen molar-refractivity contribution in [3.8, 4) is 0 Å². The molecule has 1 aromatic heterocycles. The van der Waals surface area contributed by atoms with Crippen molar-refractivity contribution in [3.63, 3.8) is 0 Å². The van der Waals surface area contributed by atoms with E-state index in [4.69, 9.17) is 4.74 Å². The maximum absolute atomic E-state index is 5.18. The Morgan fingerprint density at radius 3 is 2.76 bits per heavy atom. The SMILES string of the molecule is COCc1nnc2n1CCN(CCc1ccccc1)[C@@H]2C. The van der Waals surface area contributed by atoms with Gasteiger partial charge in [-0.3, -0.25) is 4.90 Å². The van der Waals surface area contributed by atoms with Crippen LogP contribution in [0.5, 0.6) is 0 Å². The van der Waals surface area contributed by atoms with Crippen LogP contribution in [-0.2, 0) is 24.3 Å². The minimum absolute atomic E-state index is 0.306. The lowest BCUT2D eigenvalue weighted by Crippen LogP contribution is -2.38. The average Bonchev–Trinajstić information content (AvgIpc) is 2.92. The van der Waals surface area contributed by atoms with Gasteiger partial charge in [0.2, 0.25) is 0 Å². The molecule has 0 saturated carbocycles. The summed E-state index contributed by atoms with van der Waals surface area (Å²) in [7, 11) is 1.69. The number of nitrogens with zero attached hydrogens (tertiary/aromatic N) is 4. The maximum atomic E-state index is 5.18. The first-order valence-corrected chi connectivity index (χ1v) is 7.48. The Hall–Kier alpha value is -1.72. The minimum Gasteiger partial charge on any atom is -0.377 e. The van der Waals surface area contributed by atoms with Gasteiger partial charge in [0.15, 0.2) is 5.82 Å². The summed E-state index contributed by atoms with van der Waals surface area (Å²) in [6.45, 7) is 5.78. The Labute approximate surface area is 125 Å². The number of fused-ring (bicyclic) bond motifs is 1. The molecule has 1 atom stereocenters. The predicted octanol–water partition coefficient (Wildman–Crippen LogP) is 2.04. The third kappa shape index (κ3) is 2.99. The van der Waals surface area contributed by atoms with E-state index in [-0.39, 0.29) is 0 Å². The number of benzene rings is 1. The summed E-state index contributed by atoms with van der Waals surface area (Å²) in [6.07, 6.45) is 1.07. The van der Waals surface area contributed by atoms with E-state index in [0.717, 1.165) is 37.7 Å². The van der Waals surface area contributed by atoms with E-state index in [2.05, 4.69) is 56.9 Å². The number of rotatable bonds is 5. The monoisotopic (exact) mass is 286 g/mol. The first-order valence-electron chi connectivity index (χ1n) is 7.48. The van der Waals surface area contributed by atoms with E-state index in [0.29, 0.717) is 12.6 Å². The molecule has 0 unspecified atom stereocenters. The van der Waals surface area contributed by atoms with Gasteiger partial charge in [-0.05, 0) is 18.9 Å². The van der Waals surface area contributed by atoms with Crippen molar-refractivity contribution in [1.29, 1.82) is 0 Å². The van der Waals surface area contributed by atoms with Gasteiger partial charge in [-0.15, -0.1) is 10.2 Å². The van der Waals surface area contributed by atoms with Crippen molar-refractivity contribution in [3.05, 3.63) is 47.5 Å². The van der Waals surface area contributed by atoms with E-state index in [1.165, 1.54) is 5.56 Å². The molecule has 112 valence electrons. The van der Waals surface area contributed by atoms with Gasteiger partial charge in [-0.1, -0.05) is 30.3 Å². The van der Waals surface area contributed by atoms with Gasteiger partial charge in [0, 0.05) is 26.7 Å². The van der Waals surface area contributed by atoms with Crippen molar-refractivity contribution in [2.75, 3.05) is 20.2 Å². The van der Waals surface area contributed by atoms with Gasteiger partial charge in [0.25, 0.3) is 0 Å². The highest BCUT2D eigenvalue weighted by molar-refractivity contribution is 5.15. The Kier molecular flexibility index (Phi) is 4.31. The number of aromatic nitrogens is 3. The largest absolute Gasteiger partial charge is 0.377 e. The van der Waals surface area contributed by atoms with E-state index in [1.54, 1.807) is 7.11 Å². The smallest absolute Gasteiger partial charge is 0.159 e. The normalized spacial score (nSPS) is 18.7. The zero-order chi connectivity index (χ0) is 14.7. The highest BCUT2D eigenvalue weighted by atomic mass is 16.5. The van der Waals surface area contributed by atoms with Gasteiger partial charge < -0.3 is 9.30 Å². The van der Waals surface area contributed by atoms with Crippen LogP contribution in [-0.4, -0.2) is 39.9 Å². The standard InChI is InChI=1S/C16H22N4O/c1-13-16-18-17-15(12-21-2)20(16)11-10-19(13)9-8-14-6-4-3-5-7-14/h3-7,13H,8-12H2,1-2H3/t13-/m1/s1. The van der Waals surface area contributed by atoms with Crippen LogP contribution >= 0.6 is 0 Å². The zero-order valence-corrected chi connectivity index (χ0v) is 12.7. The first kappa shape index (κ1) is 14.2. The molecule has 3 rings (SSSR count). The fourth-order valence-corrected chi connectivity index (χ4v) is 2.95. The Morgan fingerprint density at radius 2 is 2.00 bits per heavy atom. The molecule has 2 aromatic rings. The van der Waals surface area contributed by atoms with Crippen LogP contribution in [0.2, 0.25) is 0 Å². The first-order chi connectivity index (χ1) is 10.3. The van der Waals surface area contributed by atoms with Gasteiger partial charge in [-0.2, -0.15) is 0 Å². The molecule has 0 amide bonds. The molecule has 5 heteroatoms. The molecule has 0 spiro atoms. The molecule has 0 radical (unpaired) electrons. The molecule has 0 fully saturated rings. The molecule has 0 aliphatic carbocycles. The quantitative estimate of drug-likeness (QED) is 0.843. The summed E-state index contributed by atoms with van der Waals surface area (Å²) in [5, 5.41) is 8.60. The molecular formula is C16H22N4O. The molecular weight excluding hydrogens is 264 g/mol. The average molecular weight is 286 g/mol. The van der Waals surface area contributed by atoms with E-state index < -0.39 is 0 Å². The van der Waals surface area contributed by atoms with Crippen molar-refractivity contribution < 1.29 is 4.74 Å². The van der Waals surface area contributed by atoms with Crippen molar-refractivity contribution in [2.24, 2.45) is 0 Å².